The van der Waals surface area contributed by atoms with E-state index in [2.05, 4.69) is 12.1 Å². The van der Waals surface area contributed by atoms with Crippen molar-refractivity contribution in [2.75, 3.05) is 0 Å². The summed E-state index contributed by atoms with van der Waals surface area (Å²) in [6.07, 6.45) is 0.438. The highest BCUT2D eigenvalue weighted by molar-refractivity contribution is 7.92. The fourth-order valence-corrected chi connectivity index (χ4v) is 3.73. The summed E-state index contributed by atoms with van der Waals surface area (Å²) in [5, 5.41) is -1.03. The molecular weight excluding hydrogens is 278 g/mol. The van der Waals surface area contributed by atoms with Crippen molar-refractivity contribution in [1.82, 2.24) is 0 Å². The smallest absolute Gasteiger partial charge is 0.205 e. The van der Waals surface area contributed by atoms with Gasteiger partial charge in [-0.2, -0.15) is 0 Å². The van der Waals surface area contributed by atoms with Crippen LogP contribution in [0.1, 0.15) is 19.4 Å². The lowest BCUT2D eigenvalue weighted by atomic mass is 10.0. The number of nitrogens with zero attached hydrogens (tertiary/aromatic N) is 1. The first kappa shape index (κ1) is 15.0. The van der Waals surface area contributed by atoms with Gasteiger partial charge in [-0.3, -0.25) is 0 Å². The van der Waals surface area contributed by atoms with Crippen LogP contribution in [-0.2, 0) is 19.3 Å². The van der Waals surface area contributed by atoms with Gasteiger partial charge in [-0.15, -0.1) is 0 Å². The summed E-state index contributed by atoms with van der Waals surface area (Å²) in [6, 6.07) is 6.66. The largest absolute Gasteiger partial charge is 0.474 e. The molecule has 0 aromatic heterocycles. The predicted molar refractivity (Wildman–Crippen MR) is 76.0 cm³/mol. The van der Waals surface area contributed by atoms with Crippen molar-refractivity contribution >= 4 is 16.2 Å². The second-order valence-electron chi connectivity index (χ2n) is 5.31. The Morgan fingerprint density at radius 1 is 1.30 bits per heavy atom. The number of ether oxygens (including phenoxy) is 2. The molecule has 109 valence electrons. The summed E-state index contributed by atoms with van der Waals surface area (Å²) < 4.78 is 35.7. The third-order valence-corrected chi connectivity index (χ3v) is 5.33. The van der Waals surface area contributed by atoms with E-state index in [1.807, 2.05) is 6.92 Å². The van der Waals surface area contributed by atoms with Gasteiger partial charge in [0.25, 0.3) is 0 Å². The Morgan fingerprint density at radius 3 is 2.45 bits per heavy atom. The Morgan fingerprint density at radius 2 is 1.90 bits per heavy atom. The third kappa shape index (κ3) is 2.58. The van der Waals surface area contributed by atoms with E-state index in [1.54, 1.807) is 38.1 Å². The molecule has 1 aliphatic heterocycles. The van der Waals surface area contributed by atoms with Gasteiger partial charge in [-0.05, 0) is 32.9 Å². The lowest BCUT2D eigenvalue weighted by Crippen LogP contribution is -2.47. The SMILES string of the molecule is [CH2]OC(C)(C)C1OC=NC1S(=O)(=O)c1ccc(C)cc1. The Labute approximate surface area is 119 Å². The summed E-state index contributed by atoms with van der Waals surface area (Å²) >= 11 is 0. The number of benzene rings is 1. The van der Waals surface area contributed by atoms with Gasteiger partial charge in [0.2, 0.25) is 9.84 Å². The Balaban J connectivity index is 2.38. The highest BCUT2D eigenvalue weighted by Crippen LogP contribution is 2.31. The second kappa shape index (κ2) is 5.18. The summed E-state index contributed by atoms with van der Waals surface area (Å²) in [5.74, 6) is 0. The molecule has 0 N–H and O–H groups in total. The average molecular weight is 296 g/mol. The van der Waals surface area contributed by atoms with Gasteiger partial charge in [0, 0.05) is 0 Å². The second-order valence-corrected chi connectivity index (χ2v) is 7.35. The van der Waals surface area contributed by atoms with Crippen LogP contribution in [0.3, 0.4) is 0 Å². The standard InChI is InChI=1S/C14H18NO4S/c1-10-5-7-11(8-6-10)20(16,17)13-12(19-9-15-13)14(2,3)18-4/h5-9,12-13H,4H2,1-3H3. The number of rotatable bonds is 4. The maximum atomic E-state index is 12.6. The minimum absolute atomic E-state index is 0.223. The lowest BCUT2D eigenvalue weighted by Gasteiger charge is -2.31. The van der Waals surface area contributed by atoms with Crippen LogP contribution in [0.5, 0.6) is 0 Å². The molecule has 0 bridgehead atoms. The fraction of sp³-hybridized carbons (Fsp3) is 0.429. The van der Waals surface area contributed by atoms with Crippen LogP contribution in [-0.4, -0.2) is 31.9 Å². The molecule has 1 aliphatic rings. The Kier molecular flexibility index (Phi) is 3.88. The van der Waals surface area contributed by atoms with Gasteiger partial charge in [0.15, 0.2) is 17.9 Å². The topological polar surface area (TPSA) is 65.0 Å². The van der Waals surface area contributed by atoms with Gasteiger partial charge < -0.3 is 9.47 Å². The first-order valence-corrected chi connectivity index (χ1v) is 7.74. The summed E-state index contributed by atoms with van der Waals surface area (Å²) in [5.41, 5.74) is 0.131. The molecule has 5 nitrogen and oxygen atoms in total. The summed E-state index contributed by atoms with van der Waals surface area (Å²) in [7, 11) is -0.256. The Hall–Kier alpha value is -1.40. The van der Waals surface area contributed by atoms with Crippen LogP contribution in [0, 0.1) is 14.0 Å². The molecule has 2 unspecified atom stereocenters. The van der Waals surface area contributed by atoms with Crippen LogP contribution < -0.4 is 0 Å². The molecule has 1 heterocycles. The van der Waals surface area contributed by atoms with Crippen LogP contribution in [0.25, 0.3) is 0 Å². The average Bonchev–Trinajstić information content (AvgIpc) is 2.90. The molecule has 6 heteroatoms. The third-order valence-electron chi connectivity index (χ3n) is 3.40. The van der Waals surface area contributed by atoms with Crippen molar-refractivity contribution < 1.29 is 17.9 Å². The van der Waals surface area contributed by atoms with Crippen LogP contribution in [0.4, 0.5) is 0 Å². The number of hydrogen-bond acceptors (Lipinski definition) is 5. The van der Waals surface area contributed by atoms with Crippen molar-refractivity contribution in [2.45, 2.75) is 42.7 Å². The van der Waals surface area contributed by atoms with Crippen LogP contribution in [0.2, 0.25) is 0 Å². The maximum absolute atomic E-state index is 12.6. The first-order chi connectivity index (χ1) is 9.29. The highest BCUT2D eigenvalue weighted by atomic mass is 32.2. The van der Waals surface area contributed by atoms with Gasteiger partial charge in [0.1, 0.15) is 5.60 Å². The number of hydrogen-bond donors (Lipinski definition) is 0. The molecule has 0 spiro atoms. The first-order valence-electron chi connectivity index (χ1n) is 6.20. The van der Waals surface area contributed by atoms with Gasteiger partial charge in [0.05, 0.1) is 12.0 Å². The summed E-state index contributed by atoms with van der Waals surface area (Å²) in [4.78, 5) is 4.18. The van der Waals surface area contributed by atoms with Crippen LogP contribution >= 0.6 is 0 Å². The molecule has 0 amide bonds. The zero-order valence-electron chi connectivity index (χ0n) is 11.7. The number of sulfone groups is 1. The highest BCUT2D eigenvalue weighted by Gasteiger charge is 2.47. The minimum Gasteiger partial charge on any atom is -0.474 e. The zero-order chi connectivity index (χ0) is 15.0. The lowest BCUT2D eigenvalue weighted by molar-refractivity contribution is -0.0427. The van der Waals surface area contributed by atoms with E-state index in [0.29, 0.717) is 0 Å². The minimum atomic E-state index is -3.63. The molecule has 2 rings (SSSR count). The van der Waals surface area contributed by atoms with Crippen LogP contribution in [0.15, 0.2) is 34.2 Å². The molecule has 0 saturated heterocycles. The van der Waals surface area contributed by atoms with E-state index in [1.165, 1.54) is 6.40 Å². The maximum Gasteiger partial charge on any atom is 0.205 e. The van der Waals surface area contributed by atoms with E-state index in [0.717, 1.165) is 5.56 Å². The molecular formula is C14H18NO4S. The van der Waals surface area contributed by atoms with Crippen molar-refractivity contribution in [2.24, 2.45) is 4.99 Å². The summed E-state index contributed by atoms with van der Waals surface area (Å²) in [6.45, 7) is 5.34. The molecule has 2 atom stereocenters. The fourth-order valence-electron chi connectivity index (χ4n) is 2.01. The monoisotopic (exact) mass is 296 g/mol. The zero-order valence-corrected chi connectivity index (χ0v) is 12.6. The van der Waals surface area contributed by atoms with E-state index in [9.17, 15) is 8.42 Å². The van der Waals surface area contributed by atoms with Crippen molar-refractivity contribution in [1.29, 1.82) is 0 Å². The molecule has 1 aromatic carbocycles. The molecule has 0 aliphatic carbocycles. The molecule has 0 saturated carbocycles. The molecule has 0 fully saturated rings. The predicted octanol–water partition coefficient (Wildman–Crippen LogP) is 2.11. The van der Waals surface area contributed by atoms with Gasteiger partial charge in [-0.25, -0.2) is 13.4 Å². The van der Waals surface area contributed by atoms with Gasteiger partial charge >= 0.3 is 0 Å². The normalized spacial score (nSPS) is 22.8. The quantitative estimate of drug-likeness (QED) is 0.853. The molecule has 20 heavy (non-hydrogen) atoms. The van der Waals surface area contributed by atoms with Crippen molar-refractivity contribution in [3.8, 4) is 0 Å². The van der Waals surface area contributed by atoms with Crippen molar-refractivity contribution in [3.05, 3.63) is 36.9 Å². The Bertz CT molecular complexity index is 605. The number of aliphatic imine (C=N–C) groups is 1. The van der Waals surface area contributed by atoms with Crippen molar-refractivity contribution in [3.63, 3.8) is 0 Å². The molecule has 1 radical (unpaired) electrons. The molecule has 1 aromatic rings. The van der Waals surface area contributed by atoms with E-state index < -0.39 is 26.9 Å². The van der Waals surface area contributed by atoms with E-state index in [-0.39, 0.29) is 4.90 Å². The van der Waals surface area contributed by atoms with E-state index in [4.69, 9.17) is 9.47 Å². The van der Waals surface area contributed by atoms with Gasteiger partial charge in [-0.1, -0.05) is 17.7 Å². The number of aryl methyl sites for hydroxylation is 1. The van der Waals surface area contributed by atoms with E-state index >= 15 is 0 Å².